The van der Waals surface area contributed by atoms with E-state index in [0.29, 0.717) is 6.54 Å². The predicted molar refractivity (Wildman–Crippen MR) is 89.7 cm³/mol. The number of carbonyl (C=O) groups excluding carboxylic acids is 1. The van der Waals surface area contributed by atoms with Gasteiger partial charge in [-0.25, -0.2) is 22.9 Å². The standard InChI is InChI=1S/C16H22N4O4S/c21-16(18-11-5-2-1-3-6-11)20-9-12-13(10-20)24-15-14(7-4-8-17-15)25(22,23)19-12/h4,7-8,11-13,19H,1-3,5-6,9-10H2,(H,18,21)/t12-,13+/m1/s1. The number of fused-ring (bicyclic) bond motifs is 2. The monoisotopic (exact) mass is 366 g/mol. The van der Waals surface area contributed by atoms with E-state index in [0.717, 1.165) is 25.7 Å². The van der Waals surface area contributed by atoms with Crippen LogP contribution in [0.2, 0.25) is 0 Å². The fraction of sp³-hybridized carbons (Fsp3) is 0.625. The van der Waals surface area contributed by atoms with Crippen molar-refractivity contribution in [1.29, 1.82) is 0 Å². The van der Waals surface area contributed by atoms with E-state index in [1.807, 2.05) is 0 Å². The molecular weight excluding hydrogens is 344 g/mol. The lowest BCUT2D eigenvalue weighted by molar-refractivity contribution is 0.171. The van der Waals surface area contributed by atoms with Gasteiger partial charge in [0.1, 0.15) is 11.0 Å². The molecule has 2 N–H and O–H groups in total. The van der Waals surface area contributed by atoms with Crippen LogP contribution < -0.4 is 14.8 Å². The molecule has 0 bridgehead atoms. The Morgan fingerprint density at radius 2 is 2.08 bits per heavy atom. The van der Waals surface area contributed by atoms with Crippen molar-refractivity contribution in [3.05, 3.63) is 18.3 Å². The van der Waals surface area contributed by atoms with Gasteiger partial charge in [0.15, 0.2) is 0 Å². The van der Waals surface area contributed by atoms with E-state index in [2.05, 4.69) is 15.0 Å². The molecule has 1 aromatic heterocycles. The number of ether oxygens (including phenoxy) is 1. The summed E-state index contributed by atoms with van der Waals surface area (Å²) in [6.07, 6.45) is 6.57. The maximum Gasteiger partial charge on any atom is 0.317 e. The molecule has 0 aromatic carbocycles. The van der Waals surface area contributed by atoms with Gasteiger partial charge in [-0.15, -0.1) is 0 Å². The summed E-state index contributed by atoms with van der Waals surface area (Å²) in [5.74, 6) is 0.0945. The van der Waals surface area contributed by atoms with Crippen LogP contribution in [0, 0.1) is 0 Å². The van der Waals surface area contributed by atoms with Gasteiger partial charge in [-0.1, -0.05) is 19.3 Å². The van der Waals surface area contributed by atoms with E-state index in [9.17, 15) is 13.2 Å². The van der Waals surface area contributed by atoms with Crippen LogP contribution in [0.3, 0.4) is 0 Å². The van der Waals surface area contributed by atoms with Crippen molar-refractivity contribution < 1.29 is 17.9 Å². The number of carbonyl (C=O) groups is 1. The number of amides is 2. The molecule has 1 saturated heterocycles. The number of hydrogen-bond donors (Lipinski definition) is 2. The first-order chi connectivity index (χ1) is 12.0. The highest BCUT2D eigenvalue weighted by atomic mass is 32.2. The fourth-order valence-corrected chi connectivity index (χ4v) is 5.10. The highest BCUT2D eigenvalue weighted by molar-refractivity contribution is 7.89. The van der Waals surface area contributed by atoms with Gasteiger partial charge in [-0.05, 0) is 25.0 Å². The number of nitrogens with one attached hydrogen (secondary N) is 2. The zero-order valence-electron chi connectivity index (χ0n) is 13.8. The van der Waals surface area contributed by atoms with Crippen LogP contribution >= 0.6 is 0 Å². The summed E-state index contributed by atoms with van der Waals surface area (Å²) in [6, 6.07) is 2.62. The molecule has 3 heterocycles. The van der Waals surface area contributed by atoms with Gasteiger partial charge in [0, 0.05) is 18.8 Å². The normalized spacial score (nSPS) is 28.4. The van der Waals surface area contributed by atoms with E-state index in [1.165, 1.54) is 18.7 Å². The Bertz CT molecular complexity index is 763. The predicted octanol–water partition coefficient (Wildman–Crippen LogP) is 0.847. The number of nitrogens with zero attached hydrogens (tertiary/aromatic N) is 2. The number of rotatable bonds is 1. The lowest BCUT2D eigenvalue weighted by Gasteiger charge is -2.26. The fourth-order valence-electron chi connectivity index (χ4n) is 3.76. The van der Waals surface area contributed by atoms with Gasteiger partial charge in [-0.3, -0.25) is 0 Å². The highest BCUT2D eigenvalue weighted by Crippen LogP contribution is 2.29. The first kappa shape index (κ1) is 16.6. The van der Waals surface area contributed by atoms with Crippen LogP contribution in [-0.2, 0) is 10.0 Å². The van der Waals surface area contributed by atoms with Crippen molar-refractivity contribution in [3.63, 3.8) is 0 Å². The van der Waals surface area contributed by atoms with Crippen LogP contribution in [0.15, 0.2) is 23.2 Å². The molecule has 136 valence electrons. The van der Waals surface area contributed by atoms with E-state index in [1.54, 1.807) is 11.0 Å². The van der Waals surface area contributed by atoms with Gasteiger partial charge < -0.3 is 15.0 Å². The van der Waals surface area contributed by atoms with Crippen molar-refractivity contribution in [1.82, 2.24) is 19.9 Å². The zero-order chi connectivity index (χ0) is 17.4. The van der Waals surface area contributed by atoms with E-state index in [-0.39, 0.29) is 29.4 Å². The third-order valence-corrected chi connectivity index (χ3v) is 6.58. The number of aromatic nitrogens is 1. The Morgan fingerprint density at radius 1 is 1.28 bits per heavy atom. The van der Waals surface area contributed by atoms with Gasteiger partial charge in [-0.2, -0.15) is 0 Å². The molecule has 4 rings (SSSR count). The number of sulfonamides is 1. The summed E-state index contributed by atoms with van der Waals surface area (Å²) < 4.78 is 33.4. The van der Waals surface area contributed by atoms with E-state index in [4.69, 9.17) is 4.74 Å². The quantitative estimate of drug-likeness (QED) is 0.767. The minimum Gasteiger partial charge on any atom is -0.470 e. The first-order valence-corrected chi connectivity index (χ1v) is 10.2. The van der Waals surface area contributed by atoms with Crippen LogP contribution in [-0.4, -0.2) is 55.6 Å². The summed E-state index contributed by atoms with van der Waals surface area (Å²) in [5.41, 5.74) is 0. The number of likely N-dealkylation sites (tertiary alicyclic amines) is 1. The largest absolute Gasteiger partial charge is 0.470 e. The molecule has 1 aliphatic carbocycles. The van der Waals surface area contributed by atoms with Crippen molar-refractivity contribution in [2.24, 2.45) is 0 Å². The number of urea groups is 1. The molecule has 9 heteroatoms. The van der Waals surface area contributed by atoms with Crippen LogP contribution in [0.1, 0.15) is 32.1 Å². The molecule has 2 fully saturated rings. The molecule has 0 radical (unpaired) electrons. The second-order valence-electron chi connectivity index (χ2n) is 6.88. The summed E-state index contributed by atoms with van der Waals surface area (Å²) in [4.78, 5) is 18.2. The van der Waals surface area contributed by atoms with Crippen LogP contribution in [0.5, 0.6) is 5.88 Å². The van der Waals surface area contributed by atoms with Gasteiger partial charge in [0.05, 0.1) is 12.6 Å². The maximum absolute atomic E-state index is 12.5. The Hall–Kier alpha value is -1.87. The van der Waals surface area contributed by atoms with E-state index >= 15 is 0 Å². The zero-order valence-corrected chi connectivity index (χ0v) is 14.7. The summed E-state index contributed by atoms with van der Waals surface area (Å²) >= 11 is 0. The van der Waals surface area contributed by atoms with Crippen molar-refractivity contribution in [3.8, 4) is 5.88 Å². The third-order valence-electron chi connectivity index (χ3n) is 5.08. The highest BCUT2D eigenvalue weighted by Gasteiger charge is 2.43. The minimum atomic E-state index is -3.70. The molecule has 2 amide bonds. The molecule has 1 aromatic rings. The molecule has 2 atom stereocenters. The minimum absolute atomic E-state index is 0.0441. The topological polar surface area (TPSA) is 101 Å². The number of pyridine rings is 1. The Labute approximate surface area is 147 Å². The molecule has 25 heavy (non-hydrogen) atoms. The maximum atomic E-state index is 12.5. The van der Waals surface area contributed by atoms with Gasteiger partial charge in [0.2, 0.25) is 15.9 Å². The lowest BCUT2D eigenvalue weighted by atomic mass is 9.96. The summed E-state index contributed by atoms with van der Waals surface area (Å²) in [6.45, 7) is 0.623. The molecule has 0 unspecified atom stereocenters. The van der Waals surface area contributed by atoms with Crippen molar-refractivity contribution in [2.75, 3.05) is 13.1 Å². The van der Waals surface area contributed by atoms with Crippen molar-refractivity contribution >= 4 is 16.1 Å². The lowest BCUT2D eigenvalue weighted by Crippen LogP contribution is -2.46. The van der Waals surface area contributed by atoms with E-state index < -0.39 is 22.2 Å². The second-order valence-corrected chi connectivity index (χ2v) is 8.56. The van der Waals surface area contributed by atoms with Gasteiger partial charge in [0.25, 0.3) is 0 Å². The summed E-state index contributed by atoms with van der Waals surface area (Å²) in [5, 5.41) is 3.06. The first-order valence-electron chi connectivity index (χ1n) is 8.72. The van der Waals surface area contributed by atoms with Crippen LogP contribution in [0.25, 0.3) is 0 Å². The smallest absolute Gasteiger partial charge is 0.317 e. The molecule has 3 aliphatic rings. The Balaban J connectivity index is 1.47. The Kier molecular flexibility index (Phi) is 4.28. The Morgan fingerprint density at radius 3 is 2.88 bits per heavy atom. The second kappa shape index (κ2) is 6.45. The van der Waals surface area contributed by atoms with Gasteiger partial charge >= 0.3 is 6.03 Å². The molecule has 8 nitrogen and oxygen atoms in total. The van der Waals surface area contributed by atoms with Crippen molar-refractivity contribution in [2.45, 2.75) is 55.2 Å². The molecule has 2 aliphatic heterocycles. The average Bonchev–Trinajstić information content (AvgIpc) is 2.94. The third kappa shape index (κ3) is 3.30. The molecule has 1 saturated carbocycles. The molecular formula is C16H22N4O4S. The van der Waals surface area contributed by atoms with Crippen LogP contribution in [0.4, 0.5) is 4.79 Å². The average molecular weight is 366 g/mol. The summed E-state index contributed by atoms with van der Waals surface area (Å²) in [7, 11) is -3.70. The SMILES string of the molecule is O=C(NC1CCCCC1)N1C[C@@H]2Oc3ncccc3S(=O)(=O)N[C@@H]2C1. The molecule has 0 spiro atoms. The number of hydrogen-bond acceptors (Lipinski definition) is 5.